The van der Waals surface area contributed by atoms with Gasteiger partial charge in [0.15, 0.2) is 0 Å². The summed E-state index contributed by atoms with van der Waals surface area (Å²) in [6.45, 7) is 5.12. The maximum Gasteiger partial charge on any atom is 0.259 e. The van der Waals surface area contributed by atoms with Crippen LogP contribution in [0, 0.1) is 6.92 Å². The van der Waals surface area contributed by atoms with E-state index in [4.69, 9.17) is 5.73 Å². The number of carbonyl (C=O) groups excluding carboxylic acids is 1. The second kappa shape index (κ2) is 5.47. The Balaban J connectivity index is 1.65. The molecule has 110 valence electrons. The Hall–Kier alpha value is -2.50. The first-order valence-electron chi connectivity index (χ1n) is 7.05. The number of hydrogen-bond acceptors (Lipinski definition) is 4. The van der Waals surface area contributed by atoms with Crippen molar-refractivity contribution in [1.82, 2.24) is 15.1 Å². The van der Waals surface area contributed by atoms with Crippen LogP contribution in [-0.4, -0.2) is 47.2 Å². The molecule has 0 spiro atoms. The number of aromatic nitrogens is 2. The van der Waals surface area contributed by atoms with Gasteiger partial charge in [-0.15, -0.1) is 0 Å². The zero-order chi connectivity index (χ0) is 14.8. The first kappa shape index (κ1) is 13.5. The molecule has 21 heavy (non-hydrogen) atoms. The number of H-pyrrole nitrogens is 1. The Morgan fingerprint density at radius 1 is 1.29 bits per heavy atom. The van der Waals surface area contributed by atoms with Crippen molar-refractivity contribution in [3.63, 3.8) is 0 Å². The standard InChI is InChI=1S/C15H19N5O/c1-11-3-2-4-12(9-11)19-5-7-20(8-6-19)15(21)13-10-17-18-14(13)16/h2-4,9-10H,5-8H2,1H3,(H3,16,17,18). The molecule has 0 unspecified atom stereocenters. The van der Waals surface area contributed by atoms with Crippen LogP contribution in [0.4, 0.5) is 11.5 Å². The quantitative estimate of drug-likeness (QED) is 0.871. The van der Waals surface area contributed by atoms with Crippen molar-refractivity contribution < 1.29 is 4.79 Å². The number of nitrogens with zero attached hydrogens (tertiary/aromatic N) is 3. The van der Waals surface area contributed by atoms with Gasteiger partial charge in [0, 0.05) is 31.9 Å². The molecule has 0 aliphatic carbocycles. The molecule has 1 amide bonds. The summed E-state index contributed by atoms with van der Waals surface area (Å²) in [5.41, 5.74) is 8.62. The topological polar surface area (TPSA) is 78.2 Å². The van der Waals surface area contributed by atoms with Gasteiger partial charge in [-0.2, -0.15) is 5.10 Å². The van der Waals surface area contributed by atoms with Crippen LogP contribution in [0.25, 0.3) is 0 Å². The predicted octanol–water partition coefficient (Wildman–Crippen LogP) is 1.26. The number of nitrogen functional groups attached to an aromatic ring is 1. The Morgan fingerprint density at radius 3 is 2.67 bits per heavy atom. The van der Waals surface area contributed by atoms with E-state index in [1.54, 1.807) is 0 Å². The van der Waals surface area contributed by atoms with Gasteiger partial charge in [0.1, 0.15) is 11.4 Å². The summed E-state index contributed by atoms with van der Waals surface area (Å²) >= 11 is 0. The minimum atomic E-state index is -0.0508. The number of nitrogens with one attached hydrogen (secondary N) is 1. The molecule has 2 aromatic rings. The molecule has 1 aromatic heterocycles. The summed E-state index contributed by atoms with van der Waals surface area (Å²) in [5, 5.41) is 6.40. The molecule has 0 bridgehead atoms. The number of benzene rings is 1. The molecule has 1 saturated heterocycles. The SMILES string of the molecule is Cc1cccc(N2CCN(C(=O)c3cn[nH]c3N)CC2)c1. The highest BCUT2D eigenvalue weighted by Gasteiger charge is 2.24. The molecule has 6 heteroatoms. The number of carbonyl (C=O) groups is 1. The van der Waals surface area contributed by atoms with E-state index in [0.717, 1.165) is 13.1 Å². The molecule has 3 N–H and O–H groups in total. The third-order valence-electron chi connectivity index (χ3n) is 3.83. The number of rotatable bonds is 2. The van der Waals surface area contributed by atoms with Crippen LogP contribution in [0.2, 0.25) is 0 Å². The number of aromatic amines is 1. The van der Waals surface area contributed by atoms with Gasteiger partial charge in [-0.1, -0.05) is 12.1 Å². The Morgan fingerprint density at radius 2 is 2.05 bits per heavy atom. The van der Waals surface area contributed by atoms with Crippen molar-refractivity contribution in [3.8, 4) is 0 Å². The lowest BCUT2D eigenvalue weighted by Gasteiger charge is -2.36. The normalized spacial score (nSPS) is 15.3. The molecular formula is C15H19N5O. The zero-order valence-electron chi connectivity index (χ0n) is 12.0. The highest BCUT2D eigenvalue weighted by Crippen LogP contribution is 2.19. The summed E-state index contributed by atoms with van der Waals surface area (Å²) in [7, 11) is 0. The van der Waals surface area contributed by atoms with E-state index in [1.807, 2.05) is 4.90 Å². The molecule has 6 nitrogen and oxygen atoms in total. The van der Waals surface area contributed by atoms with E-state index in [-0.39, 0.29) is 5.91 Å². The smallest absolute Gasteiger partial charge is 0.259 e. The maximum atomic E-state index is 12.3. The largest absolute Gasteiger partial charge is 0.383 e. The summed E-state index contributed by atoms with van der Waals surface area (Å²) in [6, 6.07) is 8.43. The van der Waals surface area contributed by atoms with E-state index in [2.05, 4.69) is 46.3 Å². The fourth-order valence-corrected chi connectivity index (χ4v) is 2.63. The number of amides is 1. The van der Waals surface area contributed by atoms with Crippen LogP contribution in [0.3, 0.4) is 0 Å². The second-order valence-electron chi connectivity index (χ2n) is 5.32. The third-order valence-corrected chi connectivity index (χ3v) is 3.83. The van der Waals surface area contributed by atoms with Crippen molar-refractivity contribution in [3.05, 3.63) is 41.6 Å². The van der Waals surface area contributed by atoms with Gasteiger partial charge in [-0.3, -0.25) is 9.89 Å². The van der Waals surface area contributed by atoms with Crippen molar-refractivity contribution in [2.24, 2.45) is 0 Å². The van der Waals surface area contributed by atoms with Crippen LogP contribution in [0.1, 0.15) is 15.9 Å². The molecule has 3 rings (SSSR count). The average Bonchev–Trinajstić information content (AvgIpc) is 2.93. The molecular weight excluding hydrogens is 266 g/mol. The van der Waals surface area contributed by atoms with Gasteiger partial charge in [-0.25, -0.2) is 0 Å². The number of aryl methyl sites for hydroxylation is 1. The third kappa shape index (κ3) is 2.69. The Bertz CT molecular complexity index is 643. The predicted molar refractivity (Wildman–Crippen MR) is 82.3 cm³/mol. The van der Waals surface area contributed by atoms with Crippen LogP contribution >= 0.6 is 0 Å². The van der Waals surface area contributed by atoms with E-state index in [0.29, 0.717) is 24.5 Å². The minimum absolute atomic E-state index is 0.0508. The van der Waals surface area contributed by atoms with E-state index < -0.39 is 0 Å². The van der Waals surface area contributed by atoms with Gasteiger partial charge < -0.3 is 15.5 Å². The summed E-state index contributed by atoms with van der Waals surface area (Å²) in [6.07, 6.45) is 1.49. The molecule has 0 radical (unpaired) electrons. The summed E-state index contributed by atoms with van der Waals surface area (Å²) in [5.74, 6) is 0.284. The van der Waals surface area contributed by atoms with Gasteiger partial charge in [-0.05, 0) is 24.6 Å². The van der Waals surface area contributed by atoms with E-state index in [9.17, 15) is 4.79 Å². The van der Waals surface area contributed by atoms with Crippen LogP contribution in [0.15, 0.2) is 30.5 Å². The molecule has 1 aliphatic rings. The molecule has 1 aliphatic heterocycles. The molecule has 0 atom stereocenters. The van der Waals surface area contributed by atoms with Gasteiger partial charge in [0.25, 0.3) is 5.91 Å². The van der Waals surface area contributed by atoms with Crippen LogP contribution in [0.5, 0.6) is 0 Å². The number of nitrogens with two attached hydrogens (primary N) is 1. The molecule has 0 saturated carbocycles. The van der Waals surface area contributed by atoms with Crippen molar-refractivity contribution in [2.75, 3.05) is 36.8 Å². The fraction of sp³-hybridized carbons (Fsp3) is 0.333. The number of hydrogen-bond donors (Lipinski definition) is 2. The second-order valence-corrected chi connectivity index (χ2v) is 5.32. The molecule has 1 fully saturated rings. The van der Waals surface area contributed by atoms with Crippen LogP contribution in [-0.2, 0) is 0 Å². The van der Waals surface area contributed by atoms with Crippen molar-refractivity contribution in [1.29, 1.82) is 0 Å². The fourth-order valence-electron chi connectivity index (χ4n) is 2.63. The summed E-state index contributed by atoms with van der Waals surface area (Å²) in [4.78, 5) is 16.5. The van der Waals surface area contributed by atoms with Gasteiger partial charge in [0.05, 0.1) is 6.20 Å². The van der Waals surface area contributed by atoms with Gasteiger partial charge in [0.2, 0.25) is 0 Å². The average molecular weight is 285 g/mol. The van der Waals surface area contributed by atoms with Crippen molar-refractivity contribution in [2.45, 2.75) is 6.92 Å². The monoisotopic (exact) mass is 285 g/mol. The molecule has 2 heterocycles. The van der Waals surface area contributed by atoms with E-state index >= 15 is 0 Å². The first-order valence-corrected chi connectivity index (χ1v) is 7.05. The number of piperazine rings is 1. The van der Waals surface area contributed by atoms with Gasteiger partial charge >= 0.3 is 0 Å². The lowest BCUT2D eigenvalue weighted by Crippen LogP contribution is -2.48. The van der Waals surface area contributed by atoms with E-state index in [1.165, 1.54) is 17.4 Å². The lowest BCUT2D eigenvalue weighted by atomic mass is 10.2. The Kier molecular flexibility index (Phi) is 3.51. The minimum Gasteiger partial charge on any atom is -0.383 e. The zero-order valence-corrected chi connectivity index (χ0v) is 12.0. The maximum absolute atomic E-state index is 12.3. The Labute approximate surface area is 123 Å². The highest BCUT2D eigenvalue weighted by atomic mass is 16.2. The van der Waals surface area contributed by atoms with Crippen molar-refractivity contribution >= 4 is 17.4 Å². The summed E-state index contributed by atoms with van der Waals surface area (Å²) < 4.78 is 0. The van der Waals surface area contributed by atoms with Crippen LogP contribution < -0.4 is 10.6 Å². The molecule has 1 aromatic carbocycles. The first-order chi connectivity index (χ1) is 10.1. The highest BCUT2D eigenvalue weighted by molar-refractivity contribution is 5.98. The lowest BCUT2D eigenvalue weighted by molar-refractivity contribution is 0.0748. The number of anilines is 2.